The molecule has 3 aromatic rings. The van der Waals surface area contributed by atoms with Gasteiger partial charge >= 0.3 is 0 Å². The van der Waals surface area contributed by atoms with Gasteiger partial charge in [0.05, 0.1) is 35.6 Å². The minimum Gasteiger partial charge on any atom is -0.497 e. The third kappa shape index (κ3) is 3.34. The normalized spacial score (nSPS) is 22.8. The molecule has 1 aromatic carbocycles. The Morgan fingerprint density at radius 2 is 2.00 bits per heavy atom. The van der Waals surface area contributed by atoms with E-state index in [2.05, 4.69) is 16.8 Å². The van der Waals surface area contributed by atoms with Crippen LogP contribution in [0.1, 0.15) is 25.5 Å². The molecule has 9 heteroatoms. The Hall–Kier alpha value is -2.06. The Bertz CT molecular complexity index is 1170. The molecule has 0 saturated carbocycles. The van der Waals surface area contributed by atoms with Gasteiger partial charge in [0.1, 0.15) is 11.4 Å². The summed E-state index contributed by atoms with van der Waals surface area (Å²) in [5.41, 5.74) is 9.77. The Labute approximate surface area is 197 Å². The molecule has 5 rings (SSSR count). The number of aromatic nitrogens is 3. The second-order valence-electron chi connectivity index (χ2n) is 8.86. The Morgan fingerprint density at radius 3 is 2.66 bits per heavy atom. The number of methoxy groups -OCH3 is 1. The van der Waals surface area contributed by atoms with Crippen molar-refractivity contribution in [2.75, 3.05) is 31.7 Å². The van der Waals surface area contributed by atoms with E-state index in [4.69, 9.17) is 43.4 Å². The summed E-state index contributed by atoms with van der Waals surface area (Å²) in [7, 11) is 1.60. The zero-order valence-electron chi connectivity index (χ0n) is 18.4. The van der Waals surface area contributed by atoms with Gasteiger partial charge in [0.2, 0.25) is 5.95 Å². The standard InChI is InChI=1S/C23H27Cl2N5O2/c1-13-18(16-10-15(31-3)11-17(24)19(16)25)21-27-6-9-30(21)22(28-13)29-7-4-23(5-8-29)12-32-14(2)20(23)26/h6,9-11,14,20H,4-5,7-8,12,26H2,1-3H3/t14-,20+/m0/s1. The number of nitrogens with zero attached hydrogens (tertiary/aromatic N) is 4. The SMILES string of the molecule is COc1cc(Cl)c(Cl)c(-c2c(C)nc(N3CCC4(CC3)CO[C@@H](C)[C@H]4N)n3ccnc23)c1. The van der Waals surface area contributed by atoms with Crippen LogP contribution in [0.15, 0.2) is 24.5 Å². The minimum absolute atomic E-state index is 0.0593. The van der Waals surface area contributed by atoms with Crippen molar-refractivity contribution in [2.24, 2.45) is 11.1 Å². The van der Waals surface area contributed by atoms with Crippen molar-refractivity contribution in [3.63, 3.8) is 0 Å². The molecule has 0 radical (unpaired) electrons. The first-order chi connectivity index (χ1) is 15.3. The highest BCUT2D eigenvalue weighted by molar-refractivity contribution is 6.44. The molecule has 0 amide bonds. The smallest absolute Gasteiger partial charge is 0.211 e. The minimum atomic E-state index is 0.0593. The summed E-state index contributed by atoms with van der Waals surface area (Å²) in [5, 5.41) is 0.888. The fraction of sp³-hybridized carbons (Fsp3) is 0.478. The number of halogens is 2. The van der Waals surface area contributed by atoms with Crippen LogP contribution in [0.5, 0.6) is 5.75 Å². The lowest BCUT2D eigenvalue weighted by Gasteiger charge is -2.41. The number of rotatable bonds is 3. The van der Waals surface area contributed by atoms with E-state index >= 15 is 0 Å². The largest absolute Gasteiger partial charge is 0.497 e. The first-order valence-electron chi connectivity index (χ1n) is 10.8. The first-order valence-corrected chi connectivity index (χ1v) is 11.6. The van der Waals surface area contributed by atoms with E-state index in [9.17, 15) is 0 Å². The average molecular weight is 476 g/mol. The van der Waals surface area contributed by atoms with Gasteiger partial charge in [-0.15, -0.1) is 0 Å². The predicted molar refractivity (Wildman–Crippen MR) is 127 cm³/mol. The monoisotopic (exact) mass is 475 g/mol. The van der Waals surface area contributed by atoms with Gasteiger partial charge < -0.3 is 20.1 Å². The van der Waals surface area contributed by atoms with Crippen LogP contribution in [0, 0.1) is 12.3 Å². The Balaban J connectivity index is 1.54. The van der Waals surface area contributed by atoms with E-state index in [-0.39, 0.29) is 17.6 Å². The van der Waals surface area contributed by atoms with Crippen LogP contribution in [-0.4, -0.2) is 53.3 Å². The van der Waals surface area contributed by atoms with Crippen molar-refractivity contribution in [3.05, 3.63) is 40.3 Å². The van der Waals surface area contributed by atoms with Crippen LogP contribution in [0.2, 0.25) is 10.0 Å². The first kappa shape index (κ1) is 21.8. The summed E-state index contributed by atoms with van der Waals surface area (Å²) in [4.78, 5) is 11.9. The summed E-state index contributed by atoms with van der Waals surface area (Å²) in [6, 6.07) is 3.66. The van der Waals surface area contributed by atoms with Crippen molar-refractivity contribution in [3.8, 4) is 16.9 Å². The molecule has 2 aromatic heterocycles. The number of hydrogen-bond acceptors (Lipinski definition) is 6. The zero-order valence-corrected chi connectivity index (χ0v) is 20.0. The summed E-state index contributed by atoms with van der Waals surface area (Å²) in [6.07, 6.45) is 5.80. The number of fused-ring (bicyclic) bond motifs is 1. The average Bonchev–Trinajstić information content (AvgIpc) is 3.38. The Kier molecular flexibility index (Phi) is 5.48. The molecular weight excluding hydrogens is 449 g/mol. The number of anilines is 1. The van der Waals surface area contributed by atoms with Crippen LogP contribution >= 0.6 is 23.2 Å². The van der Waals surface area contributed by atoms with Gasteiger partial charge in [-0.3, -0.25) is 4.40 Å². The van der Waals surface area contributed by atoms with Gasteiger partial charge in [-0.1, -0.05) is 23.2 Å². The molecule has 0 aliphatic carbocycles. The van der Waals surface area contributed by atoms with Gasteiger partial charge in [0, 0.05) is 54.1 Å². The number of hydrogen-bond donors (Lipinski definition) is 1. The molecule has 1 spiro atoms. The molecule has 2 fully saturated rings. The quantitative estimate of drug-likeness (QED) is 0.606. The van der Waals surface area contributed by atoms with Crippen molar-refractivity contribution in [1.29, 1.82) is 0 Å². The maximum atomic E-state index is 6.59. The van der Waals surface area contributed by atoms with Crippen LogP contribution in [0.3, 0.4) is 0 Å². The van der Waals surface area contributed by atoms with Crippen molar-refractivity contribution < 1.29 is 9.47 Å². The molecule has 2 saturated heterocycles. The van der Waals surface area contributed by atoms with E-state index < -0.39 is 0 Å². The maximum absolute atomic E-state index is 6.59. The van der Waals surface area contributed by atoms with E-state index in [0.717, 1.165) is 61.0 Å². The highest BCUT2D eigenvalue weighted by Crippen LogP contribution is 2.43. The molecule has 170 valence electrons. The van der Waals surface area contributed by atoms with E-state index in [1.165, 1.54) is 0 Å². The molecule has 2 aliphatic heterocycles. The molecule has 0 unspecified atom stereocenters. The summed E-state index contributed by atoms with van der Waals surface area (Å²) >= 11 is 13.0. The van der Waals surface area contributed by atoms with Gasteiger partial charge in [-0.25, -0.2) is 9.97 Å². The maximum Gasteiger partial charge on any atom is 0.211 e. The predicted octanol–water partition coefficient (Wildman–Crippen LogP) is 4.35. The molecule has 7 nitrogen and oxygen atoms in total. The topological polar surface area (TPSA) is 77.9 Å². The highest BCUT2D eigenvalue weighted by Gasteiger charge is 2.47. The molecule has 2 atom stereocenters. The Morgan fingerprint density at radius 1 is 1.25 bits per heavy atom. The van der Waals surface area contributed by atoms with Gasteiger partial charge in [0.15, 0.2) is 0 Å². The molecule has 0 bridgehead atoms. The fourth-order valence-electron chi connectivity index (χ4n) is 5.10. The highest BCUT2D eigenvalue weighted by atomic mass is 35.5. The number of nitrogens with two attached hydrogens (primary N) is 1. The lowest BCUT2D eigenvalue weighted by Crippen LogP contribution is -2.51. The fourth-order valence-corrected chi connectivity index (χ4v) is 5.51. The van der Waals surface area contributed by atoms with Crippen LogP contribution in [0.25, 0.3) is 16.8 Å². The summed E-state index contributed by atoms with van der Waals surface area (Å²) < 4.78 is 13.3. The molecule has 2 N–H and O–H groups in total. The van der Waals surface area contributed by atoms with Crippen molar-refractivity contribution in [1.82, 2.24) is 14.4 Å². The lowest BCUT2D eigenvalue weighted by atomic mass is 9.73. The van der Waals surface area contributed by atoms with Crippen molar-refractivity contribution in [2.45, 2.75) is 38.8 Å². The number of aryl methyl sites for hydroxylation is 1. The lowest BCUT2D eigenvalue weighted by molar-refractivity contribution is 0.0973. The van der Waals surface area contributed by atoms with Crippen LogP contribution in [-0.2, 0) is 4.74 Å². The zero-order chi connectivity index (χ0) is 22.6. The number of benzene rings is 1. The molecule has 4 heterocycles. The van der Waals surface area contributed by atoms with Gasteiger partial charge in [-0.2, -0.15) is 0 Å². The summed E-state index contributed by atoms with van der Waals surface area (Å²) in [5.74, 6) is 1.51. The van der Waals surface area contributed by atoms with E-state index in [0.29, 0.717) is 15.8 Å². The number of piperidine rings is 1. The van der Waals surface area contributed by atoms with E-state index in [1.807, 2.05) is 23.6 Å². The second-order valence-corrected chi connectivity index (χ2v) is 9.64. The molecule has 2 aliphatic rings. The van der Waals surface area contributed by atoms with E-state index in [1.54, 1.807) is 19.4 Å². The van der Waals surface area contributed by atoms with Gasteiger partial charge in [-0.05, 0) is 32.8 Å². The van der Waals surface area contributed by atoms with Crippen LogP contribution < -0.4 is 15.4 Å². The third-order valence-corrected chi connectivity index (χ3v) is 7.91. The second kappa shape index (κ2) is 8.06. The summed E-state index contributed by atoms with van der Waals surface area (Å²) in [6.45, 7) is 6.53. The number of ether oxygens (including phenoxy) is 2. The molecule has 32 heavy (non-hydrogen) atoms. The number of imidazole rings is 1. The third-order valence-electron chi connectivity index (χ3n) is 7.10. The van der Waals surface area contributed by atoms with Crippen molar-refractivity contribution >= 4 is 34.8 Å². The van der Waals surface area contributed by atoms with Crippen LogP contribution in [0.4, 0.5) is 5.95 Å². The van der Waals surface area contributed by atoms with Gasteiger partial charge in [0.25, 0.3) is 0 Å². The molecular formula is C23H27Cl2N5O2.